The van der Waals surface area contributed by atoms with Crippen molar-refractivity contribution in [3.63, 3.8) is 0 Å². The van der Waals surface area contributed by atoms with Gasteiger partial charge in [0.2, 0.25) is 0 Å². The lowest BCUT2D eigenvalue weighted by atomic mass is 9.95. The molecule has 1 aliphatic heterocycles. The first kappa shape index (κ1) is 17.9. The minimum Gasteiger partial charge on any atom is -0.337 e. The van der Waals surface area contributed by atoms with Crippen LogP contribution < -0.4 is 0 Å². The lowest BCUT2D eigenvalue weighted by Gasteiger charge is -2.31. The molecule has 2 heterocycles. The van der Waals surface area contributed by atoms with Gasteiger partial charge in [-0.2, -0.15) is 0 Å². The monoisotopic (exact) mass is 367 g/mol. The van der Waals surface area contributed by atoms with Crippen LogP contribution in [0.5, 0.6) is 0 Å². The van der Waals surface area contributed by atoms with Crippen LogP contribution in [0, 0.1) is 11.6 Å². The Morgan fingerprint density at radius 2 is 1.74 bits per heavy atom. The number of hydrogen-bond donors (Lipinski definition) is 0. The molecule has 3 aromatic rings. The van der Waals surface area contributed by atoms with E-state index in [2.05, 4.69) is 29.2 Å². The maximum atomic E-state index is 13.5. The molecule has 0 N–H and O–H groups in total. The van der Waals surface area contributed by atoms with Crippen molar-refractivity contribution in [3.8, 4) is 11.3 Å². The number of aromatic nitrogens is 2. The Kier molecular flexibility index (Phi) is 5.03. The molecule has 1 aliphatic rings. The zero-order valence-electron chi connectivity index (χ0n) is 15.4. The van der Waals surface area contributed by atoms with Crippen molar-refractivity contribution in [1.82, 2.24) is 14.5 Å². The van der Waals surface area contributed by atoms with Crippen LogP contribution in [0.4, 0.5) is 8.78 Å². The number of aryl methyl sites for hydroxylation is 1. The topological polar surface area (TPSA) is 21.1 Å². The van der Waals surface area contributed by atoms with E-state index in [4.69, 9.17) is 4.98 Å². The summed E-state index contributed by atoms with van der Waals surface area (Å²) < 4.78 is 28.7. The van der Waals surface area contributed by atoms with Crippen LogP contribution in [-0.2, 0) is 13.6 Å². The number of rotatable bonds is 4. The van der Waals surface area contributed by atoms with Gasteiger partial charge < -0.3 is 4.57 Å². The van der Waals surface area contributed by atoms with E-state index in [0.717, 1.165) is 44.4 Å². The zero-order chi connectivity index (χ0) is 18.8. The molecule has 0 radical (unpaired) electrons. The first-order valence-corrected chi connectivity index (χ1v) is 9.35. The van der Waals surface area contributed by atoms with Crippen molar-refractivity contribution in [2.75, 3.05) is 13.1 Å². The van der Waals surface area contributed by atoms with Crippen LogP contribution in [0.15, 0.2) is 54.7 Å². The van der Waals surface area contributed by atoms with Crippen LogP contribution in [-0.4, -0.2) is 27.5 Å². The fourth-order valence-electron chi connectivity index (χ4n) is 3.85. The molecule has 1 aromatic heterocycles. The fraction of sp³-hybridized carbons (Fsp3) is 0.318. The molecule has 0 unspecified atom stereocenters. The highest BCUT2D eigenvalue weighted by molar-refractivity contribution is 5.58. The van der Waals surface area contributed by atoms with Crippen LogP contribution in [0.2, 0.25) is 0 Å². The molecule has 0 spiro atoms. The molecule has 140 valence electrons. The average molecular weight is 367 g/mol. The average Bonchev–Trinajstić information content (AvgIpc) is 3.07. The maximum Gasteiger partial charge on any atom is 0.159 e. The normalized spacial score (nSPS) is 16.0. The second kappa shape index (κ2) is 7.61. The Hall–Kier alpha value is -2.53. The summed E-state index contributed by atoms with van der Waals surface area (Å²) >= 11 is 0. The van der Waals surface area contributed by atoms with Crippen LogP contribution in [0.3, 0.4) is 0 Å². The SMILES string of the molecule is Cn1cc(-c2ccc(F)c(F)c2)nc1C1CCN(Cc2ccccc2)CC1. The fourth-order valence-corrected chi connectivity index (χ4v) is 3.85. The first-order chi connectivity index (χ1) is 13.1. The van der Waals surface area contributed by atoms with E-state index < -0.39 is 11.6 Å². The van der Waals surface area contributed by atoms with Crippen molar-refractivity contribution in [3.05, 3.63) is 77.8 Å². The Morgan fingerprint density at radius 3 is 2.44 bits per heavy atom. The maximum absolute atomic E-state index is 13.5. The summed E-state index contributed by atoms with van der Waals surface area (Å²) in [7, 11) is 1.97. The van der Waals surface area contributed by atoms with Crippen LogP contribution in [0.1, 0.15) is 30.1 Å². The molecule has 4 rings (SSSR count). The van der Waals surface area contributed by atoms with E-state index in [1.54, 1.807) is 6.07 Å². The van der Waals surface area contributed by atoms with Gasteiger partial charge >= 0.3 is 0 Å². The zero-order valence-corrected chi connectivity index (χ0v) is 15.4. The van der Waals surface area contributed by atoms with Gasteiger partial charge in [0.05, 0.1) is 5.69 Å². The van der Waals surface area contributed by atoms with Gasteiger partial charge in [-0.25, -0.2) is 13.8 Å². The number of imidazole rings is 1. The molecule has 5 heteroatoms. The Morgan fingerprint density at radius 1 is 1.00 bits per heavy atom. The van der Waals surface area contributed by atoms with Gasteiger partial charge in [-0.1, -0.05) is 30.3 Å². The molecule has 3 nitrogen and oxygen atoms in total. The smallest absolute Gasteiger partial charge is 0.159 e. The summed E-state index contributed by atoms with van der Waals surface area (Å²) in [6.45, 7) is 3.05. The van der Waals surface area contributed by atoms with Crippen molar-refractivity contribution in [1.29, 1.82) is 0 Å². The second-order valence-electron chi connectivity index (χ2n) is 7.26. The minimum atomic E-state index is -0.839. The molecule has 1 fully saturated rings. The quantitative estimate of drug-likeness (QED) is 0.664. The third-order valence-electron chi connectivity index (χ3n) is 5.33. The summed E-state index contributed by atoms with van der Waals surface area (Å²) in [6.07, 6.45) is 4.00. The lowest BCUT2D eigenvalue weighted by molar-refractivity contribution is 0.200. The summed E-state index contributed by atoms with van der Waals surface area (Å²) in [5.74, 6) is -0.259. The van der Waals surface area contributed by atoms with Gasteiger partial charge in [0.1, 0.15) is 5.82 Å². The molecule has 0 amide bonds. The minimum absolute atomic E-state index is 0.390. The number of piperidine rings is 1. The number of hydrogen-bond acceptors (Lipinski definition) is 2. The highest BCUT2D eigenvalue weighted by Gasteiger charge is 2.24. The number of likely N-dealkylation sites (tertiary alicyclic amines) is 1. The molecule has 2 aromatic carbocycles. The van der Waals surface area contributed by atoms with Crippen molar-refractivity contribution in [2.45, 2.75) is 25.3 Å². The number of nitrogens with zero attached hydrogens (tertiary/aromatic N) is 3. The lowest BCUT2D eigenvalue weighted by Crippen LogP contribution is -2.33. The van der Waals surface area contributed by atoms with E-state index in [1.807, 2.05) is 23.9 Å². The van der Waals surface area contributed by atoms with Crippen LogP contribution in [0.25, 0.3) is 11.3 Å². The van der Waals surface area contributed by atoms with E-state index in [-0.39, 0.29) is 0 Å². The van der Waals surface area contributed by atoms with E-state index in [9.17, 15) is 8.78 Å². The molecular formula is C22H23F2N3. The van der Waals surface area contributed by atoms with Crippen LogP contribution >= 0.6 is 0 Å². The third-order valence-corrected chi connectivity index (χ3v) is 5.33. The third kappa shape index (κ3) is 3.93. The highest BCUT2D eigenvalue weighted by atomic mass is 19.2. The van der Waals surface area contributed by atoms with Gasteiger partial charge in [-0.3, -0.25) is 4.90 Å². The molecule has 0 aliphatic carbocycles. The summed E-state index contributed by atoms with van der Waals surface area (Å²) in [6, 6.07) is 14.5. The molecule has 0 bridgehead atoms. The van der Waals surface area contributed by atoms with Crippen molar-refractivity contribution >= 4 is 0 Å². The molecule has 1 saturated heterocycles. The van der Waals surface area contributed by atoms with Crippen molar-refractivity contribution in [2.24, 2.45) is 7.05 Å². The standard InChI is InChI=1S/C22H23F2N3/c1-26-15-21(18-7-8-19(23)20(24)13-18)25-22(26)17-9-11-27(12-10-17)14-16-5-3-2-4-6-16/h2-8,13,15,17H,9-12,14H2,1H3. The van der Waals surface area contributed by atoms with Crippen molar-refractivity contribution < 1.29 is 8.78 Å². The highest BCUT2D eigenvalue weighted by Crippen LogP contribution is 2.30. The predicted molar refractivity (Wildman–Crippen MR) is 102 cm³/mol. The molecular weight excluding hydrogens is 344 g/mol. The molecule has 27 heavy (non-hydrogen) atoms. The van der Waals surface area contributed by atoms with E-state index in [0.29, 0.717) is 17.2 Å². The molecule has 0 atom stereocenters. The van der Waals surface area contributed by atoms with Gasteiger partial charge in [-0.05, 0) is 49.7 Å². The largest absolute Gasteiger partial charge is 0.337 e. The van der Waals surface area contributed by atoms with Gasteiger partial charge in [0.15, 0.2) is 11.6 Å². The first-order valence-electron chi connectivity index (χ1n) is 9.35. The van der Waals surface area contributed by atoms with Gasteiger partial charge in [0, 0.05) is 31.3 Å². The second-order valence-corrected chi connectivity index (χ2v) is 7.26. The van der Waals surface area contributed by atoms with Gasteiger partial charge in [0.25, 0.3) is 0 Å². The predicted octanol–water partition coefficient (Wildman–Crippen LogP) is 4.74. The Balaban J connectivity index is 1.44. The Bertz CT molecular complexity index is 913. The summed E-state index contributed by atoms with van der Waals surface area (Å²) in [4.78, 5) is 7.22. The summed E-state index contributed by atoms with van der Waals surface area (Å²) in [5, 5.41) is 0. The Labute approximate surface area is 158 Å². The molecule has 0 saturated carbocycles. The summed E-state index contributed by atoms with van der Waals surface area (Å²) in [5.41, 5.74) is 2.64. The van der Waals surface area contributed by atoms with E-state index >= 15 is 0 Å². The number of halogens is 2. The van der Waals surface area contributed by atoms with Gasteiger partial charge in [-0.15, -0.1) is 0 Å². The number of benzene rings is 2. The van der Waals surface area contributed by atoms with E-state index in [1.165, 1.54) is 11.6 Å².